The number of fused-ring (bicyclic) bond motifs is 1. The molecule has 1 unspecified atom stereocenters. The first-order valence-electron chi connectivity index (χ1n) is 8.74. The van der Waals surface area contributed by atoms with E-state index in [2.05, 4.69) is 26.2 Å². The Morgan fingerprint density at radius 2 is 2.00 bits per heavy atom. The van der Waals surface area contributed by atoms with Crippen LogP contribution in [0.1, 0.15) is 12.0 Å². The number of aromatic nitrogens is 1. The summed E-state index contributed by atoms with van der Waals surface area (Å²) in [6.07, 6.45) is 1.95. The topological polar surface area (TPSA) is 62.3 Å². The zero-order chi connectivity index (χ0) is 19.0. The van der Waals surface area contributed by atoms with Crippen LogP contribution >= 0.6 is 15.9 Å². The number of para-hydroxylation sites is 1. The number of amides is 2. The highest BCUT2D eigenvalue weighted by Gasteiger charge is 2.36. The predicted molar refractivity (Wildman–Crippen MR) is 110 cm³/mol. The lowest BCUT2D eigenvalue weighted by molar-refractivity contribution is -0.122. The summed E-state index contributed by atoms with van der Waals surface area (Å²) in [6, 6.07) is 15.2. The molecule has 3 aromatic rings. The van der Waals surface area contributed by atoms with E-state index in [4.69, 9.17) is 0 Å². The Balaban J connectivity index is 1.56. The average molecular weight is 424 g/mol. The van der Waals surface area contributed by atoms with Gasteiger partial charge in [0.15, 0.2) is 0 Å². The maximum absolute atomic E-state index is 12.8. The van der Waals surface area contributed by atoms with E-state index in [1.54, 1.807) is 11.1 Å². The van der Waals surface area contributed by atoms with Crippen LogP contribution in [-0.4, -0.2) is 23.3 Å². The van der Waals surface area contributed by atoms with Crippen molar-refractivity contribution in [2.75, 3.05) is 16.8 Å². The molecule has 136 valence electrons. The summed E-state index contributed by atoms with van der Waals surface area (Å²) >= 11 is 3.48. The van der Waals surface area contributed by atoms with Crippen LogP contribution in [0.25, 0.3) is 10.9 Å². The minimum Gasteiger partial charge on any atom is -0.325 e. The van der Waals surface area contributed by atoms with Crippen LogP contribution in [0.3, 0.4) is 0 Å². The molecule has 0 radical (unpaired) electrons. The smallest absolute Gasteiger partial charge is 0.229 e. The normalized spacial score (nSPS) is 16.7. The molecule has 2 heterocycles. The second kappa shape index (κ2) is 7.12. The van der Waals surface area contributed by atoms with Gasteiger partial charge in [-0.25, -0.2) is 0 Å². The van der Waals surface area contributed by atoms with Crippen molar-refractivity contribution in [1.82, 2.24) is 4.98 Å². The molecule has 1 atom stereocenters. The van der Waals surface area contributed by atoms with Crippen molar-refractivity contribution in [3.05, 3.63) is 64.8 Å². The second-order valence-corrected chi connectivity index (χ2v) is 7.53. The van der Waals surface area contributed by atoms with Crippen molar-refractivity contribution < 1.29 is 9.59 Å². The van der Waals surface area contributed by atoms with Crippen LogP contribution in [0.15, 0.2) is 59.2 Å². The van der Waals surface area contributed by atoms with Gasteiger partial charge in [0.05, 0.1) is 22.8 Å². The van der Waals surface area contributed by atoms with Gasteiger partial charge in [0.1, 0.15) is 0 Å². The van der Waals surface area contributed by atoms with Gasteiger partial charge < -0.3 is 10.2 Å². The Kier molecular flexibility index (Phi) is 4.66. The third kappa shape index (κ3) is 3.32. The lowest BCUT2D eigenvalue weighted by Gasteiger charge is -2.18. The number of halogens is 1. The molecule has 5 nitrogen and oxygen atoms in total. The van der Waals surface area contributed by atoms with Gasteiger partial charge in [-0.15, -0.1) is 0 Å². The van der Waals surface area contributed by atoms with Crippen LogP contribution in [0.4, 0.5) is 11.4 Å². The summed E-state index contributed by atoms with van der Waals surface area (Å²) < 4.78 is 0.843. The molecule has 1 fully saturated rings. The quantitative estimate of drug-likeness (QED) is 0.682. The molecule has 1 aromatic heterocycles. The SMILES string of the molecule is Cc1ccc(NC(=O)C2CC(=O)N(c3ccccc3Br)C2)c2cccnc12. The maximum atomic E-state index is 12.8. The van der Waals surface area contributed by atoms with Crippen LogP contribution in [0.5, 0.6) is 0 Å². The molecule has 1 aliphatic heterocycles. The molecule has 1 aliphatic rings. The summed E-state index contributed by atoms with van der Waals surface area (Å²) in [5, 5.41) is 3.89. The fourth-order valence-electron chi connectivity index (χ4n) is 3.44. The highest BCUT2D eigenvalue weighted by atomic mass is 79.9. The lowest BCUT2D eigenvalue weighted by Crippen LogP contribution is -2.28. The monoisotopic (exact) mass is 423 g/mol. The van der Waals surface area contributed by atoms with Crippen molar-refractivity contribution in [3.63, 3.8) is 0 Å². The van der Waals surface area contributed by atoms with E-state index in [0.29, 0.717) is 6.54 Å². The van der Waals surface area contributed by atoms with Gasteiger partial charge >= 0.3 is 0 Å². The summed E-state index contributed by atoms with van der Waals surface area (Å²) in [5.41, 5.74) is 3.44. The van der Waals surface area contributed by atoms with E-state index in [0.717, 1.165) is 32.3 Å². The van der Waals surface area contributed by atoms with Crippen molar-refractivity contribution in [3.8, 4) is 0 Å². The molecule has 2 aromatic carbocycles. The van der Waals surface area contributed by atoms with E-state index in [-0.39, 0.29) is 18.2 Å². The average Bonchev–Trinajstić information content (AvgIpc) is 3.06. The molecule has 6 heteroatoms. The molecule has 1 saturated heterocycles. The van der Waals surface area contributed by atoms with Gasteiger partial charge in [-0.05, 0) is 58.7 Å². The van der Waals surface area contributed by atoms with E-state index < -0.39 is 5.92 Å². The number of nitrogens with zero attached hydrogens (tertiary/aromatic N) is 2. The molecule has 0 bridgehead atoms. The Bertz CT molecular complexity index is 1050. The summed E-state index contributed by atoms with van der Waals surface area (Å²) in [4.78, 5) is 31.4. The number of carbonyl (C=O) groups excluding carboxylic acids is 2. The first-order chi connectivity index (χ1) is 13.0. The fourth-order valence-corrected chi connectivity index (χ4v) is 3.94. The third-order valence-electron chi connectivity index (χ3n) is 4.87. The first-order valence-corrected chi connectivity index (χ1v) is 9.54. The number of benzene rings is 2. The summed E-state index contributed by atoms with van der Waals surface area (Å²) in [6.45, 7) is 2.36. The van der Waals surface area contributed by atoms with Crippen LogP contribution < -0.4 is 10.2 Å². The predicted octanol–water partition coefficient (Wildman–Crippen LogP) is 4.30. The Hall–Kier alpha value is -2.73. The molecule has 27 heavy (non-hydrogen) atoms. The van der Waals surface area contributed by atoms with Crippen LogP contribution in [-0.2, 0) is 9.59 Å². The fraction of sp³-hybridized carbons (Fsp3) is 0.190. The van der Waals surface area contributed by atoms with E-state index in [9.17, 15) is 9.59 Å². The van der Waals surface area contributed by atoms with E-state index in [1.807, 2.05) is 55.5 Å². The number of pyridine rings is 1. The Morgan fingerprint density at radius 3 is 2.81 bits per heavy atom. The van der Waals surface area contributed by atoms with Crippen molar-refractivity contribution in [2.45, 2.75) is 13.3 Å². The number of nitrogens with one attached hydrogen (secondary N) is 1. The maximum Gasteiger partial charge on any atom is 0.229 e. The molecule has 2 amide bonds. The van der Waals surface area contributed by atoms with Gasteiger partial charge in [-0.3, -0.25) is 14.6 Å². The van der Waals surface area contributed by atoms with Crippen molar-refractivity contribution >= 4 is 50.0 Å². The molecule has 1 N–H and O–H groups in total. The molecular weight excluding hydrogens is 406 g/mol. The molecule has 0 spiro atoms. The highest BCUT2D eigenvalue weighted by molar-refractivity contribution is 9.10. The van der Waals surface area contributed by atoms with Crippen LogP contribution in [0.2, 0.25) is 0 Å². The first kappa shape index (κ1) is 17.7. The number of hydrogen-bond acceptors (Lipinski definition) is 3. The minimum absolute atomic E-state index is 0.0440. The number of hydrogen-bond donors (Lipinski definition) is 1. The van der Waals surface area contributed by atoms with Gasteiger partial charge in [-0.1, -0.05) is 18.2 Å². The molecule has 4 rings (SSSR count). The van der Waals surface area contributed by atoms with Gasteiger partial charge in [-0.2, -0.15) is 0 Å². The zero-order valence-corrected chi connectivity index (χ0v) is 16.4. The zero-order valence-electron chi connectivity index (χ0n) is 14.8. The number of carbonyl (C=O) groups is 2. The van der Waals surface area contributed by atoms with Gasteiger partial charge in [0, 0.05) is 29.0 Å². The summed E-state index contributed by atoms with van der Waals surface area (Å²) in [5.74, 6) is -0.581. The third-order valence-corrected chi connectivity index (χ3v) is 5.54. The van der Waals surface area contributed by atoms with Crippen LogP contribution in [0, 0.1) is 12.8 Å². The number of rotatable bonds is 3. The van der Waals surface area contributed by atoms with Crippen molar-refractivity contribution in [1.29, 1.82) is 0 Å². The van der Waals surface area contributed by atoms with Crippen molar-refractivity contribution in [2.24, 2.45) is 5.92 Å². The number of aryl methyl sites for hydroxylation is 1. The summed E-state index contributed by atoms with van der Waals surface area (Å²) in [7, 11) is 0. The lowest BCUT2D eigenvalue weighted by atomic mass is 10.1. The van der Waals surface area contributed by atoms with Gasteiger partial charge in [0.25, 0.3) is 0 Å². The molecular formula is C21H18BrN3O2. The Morgan fingerprint density at radius 1 is 1.19 bits per heavy atom. The largest absolute Gasteiger partial charge is 0.325 e. The second-order valence-electron chi connectivity index (χ2n) is 6.68. The van der Waals surface area contributed by atoms with E-state index >= 15 is 0 Å². The molecule has 0 saturated carbocycles. The Labute approximate surface area is 165 Å². The number of anilines is 2. The molecule has 0 aliphatic carbocycles. The van der Waals surface area contributed by atoms with E-state index in [1.165, 1.54) is 0 Å². The highest BCUT2D eigenvalue weighted by Crippen LogP contribution is 2.32. The standard InChI is InChI=1S/C21H18BrN3O2/c1-13-8-9-17(15-5-4-10-23-20(13)15)24-21(27)14-11-19(26)25(12-14)18-7-3-2-6-16(18)22/h2-10,14H,11-12H2,1H3,(H,24,27). The van der Waals surface area contributed by atoms with Gasteiger partial charge in [0.2, 0.25) is 11.8 Å². The minimum atomic E-state index is -0.391.